The second-order valence-corrected chi connectivity index (χ2v) is 4.31. The molecule has 0 atom stereocenters. The highest BCUT2D eigenvalue weighted by atomic mass is 35.5. The van der Waals surface area contributed by atoms with Crippen LogP contribution in [0, 0.1) is 0 Å². The lowest BCUT2D eigenvalue weighted by atomic mass is 10.3. The van der Waals surface area contributed by atoms with E-state index in [-0.39, 0.29) is 12.5 Å². The van der Waals surface area contributed by atoms with Gasteiger partial charge < -0.3 is 9.88 Å². The van der Waals surface area contributed by atoms with Crippen molar-refractivity contribution < 1.29 is 4.79 Å². The molecule has 0 bridgehead atoms. The normalized spacial score (nSPS) is 10.2. The first-order valence-electron chi connectivity index (χ1n) is 5.01. The SMILES string of the molecule is O=C(Cn1cccc1)Nc1c(Cl)cccc1Cl. The number of para-hydroxylation sites is 1. The van der Waals surface area contributed by atoms with Gasteiger partial charge in [0.25, 0.3) is 0 Å². The third-order valence-electron chi connectivity index (χ3n) is 2.22. The van der Waals surface area contributed by atoms with Gasteiger partial charge in [0.15, 0.2) is 0 Å². The van der Waals surface area contributed by atoms with Crippen molar-refractivity contribution in [2.24, 2.45) is 0 Å². The lowest BCUT2D eigenvalue weighted by Crippen LogP contribution is -2.18. The number of hydrogen-bond acceptors (Lipinski definition) is 1. The number of anilines is 1. The highest BCUT2D eigenvalue weighted by molar-refractivity contribution is 6.39. The van der Waals surface area contributed by atoms with E-state index >= 15 is 0 Å². The van der Waals surface area contributed by atoms with Gasteiger partial charge in [-0.2, -0.15) is 0 Å². The summed E-state index contributed by atoms with van der Waals surface area (Å²) < 4.78 is 1.76. The third kappa shape index (κ3) is 3.02. The maximum Gasteiger partial charge on any atom is 0.244 e. The van der Waals surface area contributed by atoms with Gasteiger partial charge in [0.2, 0.25) is 5.91 Å². The second-order valence-electron chi connectivity index (χ2n) is 3.50. The van der Waals surface area contributed by atoms with E-state index in [2.05, 4.69) is 5.32 Å². The minimum Gasteiger partial charge on any atom is -0.345 e. The Morgan fingerprint density at radius 3 is 2.29 bits per heavy atom. The summed E-state index contributed by atoms with van der Waals surface area (Å²) in [5.74, 6) is -0.170. The predicted octanol–water partition coefficient (Wildman–Crippen LogP) is 3.43. The summed E-state index contributed by atoms with van der Waals surface area (Å²) >= 11 is 11.9. The molecule has 1 aromatic heterocycles. The van der Waals surface area contributed by atoms with E-state index in [0.717, 1.165) is 0 Å². The monoisotopic (exact) mass is 268 g/mol. The minimum absolute atomic E-state index is 0.170. The average Bonchev–Trinajstić information content (AvgIpc) is 2.76. The molecule has 0 aliphatic rings. The summed E-state index contributed by atoms with van der Waals surface area (Å²) in [5, 5.41) is 3.55. The number of nitrogens with zero attached hydrogens (tertiary/aromatic N) is 1. The van der Waals surface area contributed by atoms with Crippen molar-refractivity contribution in [3.8, 4) is 0 Å². The van der Waals surface area contributed by atoms with Gasteiger partial charge in [-0.05, 0) is 24.3 Å². The van der Waals surface area contributed by atoms with Crippen LogP contribution in [0.3, 0.4) is 0 Å². The van der Waals surface area contributed by atoms with Crippen LogP contribution in [0.1, 0.15) is 0 Å². The molecule has 5 heteroatoms. The van der Waals surface area contributed by atoms with E-state index in [1.807, 2.05) is 24.5 Å². The van der Waals surface area contributed by atoms with Gasteiger partial charge in [0, 0.05) is 12.4 Å². The zero-order chi connectivity index (χ0) is 12.3. The number of hydrogen-bond donors (Lipinski definition) is 1. The van der Waals surface area contributed by atoms with Crippen LogP contribution in [0.5, 0.6) is 0 Å². The highest BCUT2D eigenvalue weighted by Gasteiger charge is 2.09. The van der Waals surface area contributed by atoms with Crippen molar-refractivity contribution in [3.05, 3.63) is 52.8 Å². The molecule has 3 nitrogen and oxygen atoms in total. The van der Waals surface area contributed by atoms with Crippen LogP contribution in [0.15, 0.2) is 42.7 Å². The van der Waals surface area contributed by atoms with Gasteiger partial charge >= 0.3 is 0 Å². The Hall–Kier alpha value is -1.45. The number of benzene rings is 1. The maximum absolute atomic E-state index is 11.7. The summed E-state index contributed by atoms with van der Waals surface area (Å²) in [7, 11) is 0. The Bertz CT molecular complexity index is 503. The van der Waals surface area contributed by atoms with Gasteiger partial charge in [-0.25, -0.2) is 0 Å². The van der Waals surface area contributed by atoms with Crippen LogP contribution in [-0.2, 0) is 11.3 Å². The zero-order valence-electron chi connectivity index (χ0n) is 8.86. The van der Waals surface area contributed by atoms with Crippen LogP contribution >= 0.6 is 23.2 Å². The van der Waals surface area contributed by atoms with E-state index in [1.54, 1.807) is 22.8 Å². The molecule has 1 heterocycles. The summed E-state index contributed by atoms with van der Waals surface area (Å²) in [4.78, 5) is 11.7. The fourth-order valence-corrected chi connectivity index (χ4v) is 1.93. The Balaban J connectivity index is 2.08. The summed E-state index contributed by atoms with van der Waals surface area (Å²) in [6.07, 6.45) is 3.63. The van der Waals surface area contributed by atoms with Crippen molar-refractivity contribution in [2.75, 3.05) is 5.32 Å². The lowest BCUT2D eigenvalue weighted by molar-refractivity contribution is -0.116. The molecule has 0 aliphatic heterocycles. The molecule has 1 amide bonds. The summed E-state index contributed by atoms with van der Waals surface area (Å²) in [6, 6.07) is 8.80. The van der Waals surface area contributed by atoms with Crippen LogP contribution in [0.2, 0.25) is 10.0 Å². The highest BCUT2D eigenvalue weighted by Crippen LogP contribution is 2.29. The molecule has 0 fully saturated rings. The smallest absolute Gasteiger partial charge is 0.244 e. The molecule has 1 N–H and O–H groups in total. The zero-order valence-corrected chi connectivity index (χ0v) is 10.4. The average molecular weight is 269 g/mol. The van der Waals surface area contributed by atoms with Crippen LogP contribution in [0.25, 0.3) is 0 Å². The van der Waals surface area contributed by atoms with Gasteiger partial charge in [-0.3, -0.25) is 4.79 Å². The molecule has 2 aromatic rings. The Morgan fingerprint density at radius 1 is 1.12 bits per heavy atom. The standard InChI is InChI=1S/C12H10Cl2N2O/c13-9-4-3-5-10(14)12(9)15-11(17)8-16-6-1-2-7-16/h1-7H,8H2,(H,15,17). The molecule has 2 rings (SSSR count). The van der Waals surface area contributed by atoms with Crippen LogP contribution < -0.4 is 5.32 Å². The number of nitrogens with one attached hydrogen (secondary N) is 1. The second kappa shape index (κ2) is 5.25. The number of amides is 1. The van der Waals surface area contributed by atoms with E-state index in [0.29, 0.717) is 15.7 Å². The predicted molar refractivity (Wildman–Crippen MR) is 69.5 cm³/mol. The molecule has 0 aliphatic carbocycles. The van der Waals surface area contributed by atoms with Crippen molar-refractivity contribution >= 4 is 34.8 Å². The molecule has 0 radical (unpaired) electrons. The van der Waals surface area contributed by atoms with E-state index < -0.39 is 0 Å². The number of aromatic nitrogens is 1. The third-order valence-corrected chi connectivity index (χ3v) is 2.85. The largest absolute Gasteiger partial charge is 0.345 e. The van der Waals surface area contributed by atoms with E-state index in [1.165, 1.54) is 0 Å². The molecular weight excluding hydrogens is 259 g/mol. The van der Waals surface area contributed by atoms with Crippen molar-refractivity contribution in [1.82, 2.24) is 4.57 Å². The van der Waals surface area contributed by atoms with E-state index in [4.69, 9.17) is 23.2 Å². The molecule has 0 saturated heterocycles. The minimum atomic E-state index is -0.170. The molecule has 0 spiro atoms. The lowest BCUT2D eigenvalue weighted by Gasteiger charge is -2.09. The summed E-state index contributed by atoms with van der Waals surface area (Å²) in [6.45, 7) is 0.231. The maximum atomic E-state index is 11.7. The van der Waals surface area contributed by atoms with Crippen LogP contribution in [-0.4, -0.2) is 10.5 Å². The van der Waals surface area contributed by atoms with E-state index in [9.17, 15) is 4.79 Å². The van der Waals surface area contributed by atoms with Gasteiger partial charge in [-0.1, -0.05) is 29.3 Å². The first-order chi connectivity index (χ1) is 8.16. The fourth-order valence-electron chi connectivity index (χ4n) is 1.44. The first kappa shape index (κ1) is 12.0. The molecule has 1 aromatic carbocycles. The molecule has 0 unspecified atom stereocenters. The Kier molecular flexibility index (Phi) is 3.71. The quantitative estimate of drug-likeness (QED) is 0.909. The molecule has 0 saturated carbocycles. The van der Waals surface area contributed by atoms with Crippen molar-refractivity contribution in [2.45, 2.75) is 6.54 Å². The number of carbonyl (C=O) groups excluding carboxylic acids is 1. The molecular formula is C12H10Cl2N2O. The van der Waals surface area contributed by atoms with Gasteiger partial charge in [0.05, 0.1) is 15.7 Å². The molecule has 17 heavy (non-hydrogen) atoms. The molecule has 88 valence electrons. The number of halogens is 2. The van der Waals surface area contributed by atoms with Gasteiger partial charge in [-0.15, -0.1) is 0 Å². The van der Waals surface area contributed by atoms with Crippen molar-refractivity contribution in [1.29, 1.82) is 0 Å². The number of rotatable bonds is 3. The summed E-state index contributed by atoms with van der Waals surface area (Å²) in [5.41, 5.74) is 0.452. The number of carbonyl (C=O) groups is 1. The van der Waals surface area contributed by atoms with Gasteiger partial charge in [0.1, 0.15) is 6.54 Å². The Morgan fingerprint density at radius 2 is 1.71 bits per heavy atom. The fraction of sp³-hybridized carbons (Fsp3) is 0.0833. The topological polar surface area (TPSA) is 34.0 Å². The van der Waals surface area contributed by atoms with Crippen molar-refractivity contribution in [3.63, 3.8) is 0 Å². The van der Waals surface area contributed by atoms with Crippen LogP contribution in [0.4, 0.5) is 5.69 Å². The first-order valence-corrected chi connectivity index (χ1v) is 5.77. The Labute approximate surface area is 109 Å².